The highest BCUT2D eigenvalue weighted by atomic mass is 16.3. The summed E-state index contributed by atoms with van der Waals surface area (Å²) in [6, 6.07) is -0.624. The standard InChI is InChI=1S/C42H81NO3/c1-3-5-7-9-11-13-15-16-17-18-19-20-21-22-23-24-25-26-27-28-29-31-33-35-37-41(45)40(39-44)43-42(46)38-36-34-32-30-14-12-10-8-6-4-2/h10,12,35,37,40-41,44-45H,3-9,11,13-34,36,38-39H2,1-2H3,(H,43,46)/b12-10-,37-35+. The molecule has 0 saturated carbocycles. The lowest BCUT2D eigenvalue weighted by Crippen LogP contribution is -2.45. The van der Waals surface area contributed by atoms with Gasteiger partial charge < -0.3 is 15.5 Å². The van der Waals surface area contributed by atoms with Crippen molar-refractivity contribution in [1.82, 2.24) is 5.32 Å². The lowest BCUT2D eigenvalue weighted by Gasteiger charge is -2.20. The zero-order valence-electron chi connectivity index (χ0n) is 31.1. The Morgan fingerprint density at radius 1 is 0.500 bits per heavy atom. The summed E-state index contributed by atoms with van der Waals surface area (Å²) in [5, 5.41) is 22.9. The number of aliphatic hydroxyl groups excluding tert-OH is 2. The predicted molar refractivity (Wildman–Crippen MR) is 202 cm³/mol. The minimum Gasteiger partial charge on any atom is -0.394 e. The van der Waals surface area contributed by atoms with Crippen molar-refractivity contribution in [1.29, 1.82) is 0 Å². The van der Waals surface area contributed by atoms with Crippen LogP contribution >= 0.6 is 0 Å². The highest BCUT2D eigenvalue weighted by Crippen LogP contribution is 2.16. The van der Waals surface area contributed by atoms with Crippen molar-refractivity contribution in [3.63, 3.8) is 0 Å². The van der Waals surface area contributed by atoms with Gasteiger partial charge >= 0.3 is 0 Å². The topological polar surface area (TPSA) is 69.6 Å². The van der Waals surface area contributed by atoms with E-state index in [1.165, 1.54) is 161 Å². The van der Waals surface area contributed by atoms with Crippen LogP contribution in [0.1, 0.15) is 219 Å². The Hall–Kier alpha value is -1.13. The molecule has 0 aromatic rings. The van der Waals surface area contributed by atoms with E-state index in [2.05, 4.69) is 31.3 Å². The van der Waals surface area contributed by atoms with Crippen LogP contribution < -0.4 is 5.32 Å². The third-order valence-electron chi connectivity index (χ3n) is 9.43. The zero-order valence-corrected chi connectivity index (χ0v) is 31.1. The summed E-state index contributed by atoms with van der Waals surface area (Å²) in [6.45, 7) is 4.26. The Bertz CT molecular complexity index is 661. The van der Waals surface area contributed by atoms with Crippen molar-refractivity contribution in [3.05, 3.63) is 24.3 Å². The van der Waals surface area contributed by atoms with Crippen LogP contribution in [-0.4, -0.2) is 34.9 Å². The second-order valence-electron chi connectivity index (χ2n) is 14.1. The molecule has 0 saturated heterocycles. The molecule has 4 nitrogen and oxygen atoms in total. The molecule has 0 heterocycles. The first-order valence-corrected chi connectivity index (χ1v) is 20.6. The molecule has 4 heteroatoms. The van der Waals surface area contributed by atoms with Crippen molar-refractivity contribution >= 4 is 5.91 Å². The maximum absolute atomic E-state index is 12.3. The molecule has 0 bridgehead atoms. The highest BCUT2D eigenvalue weighted by molar-refractivity contribution is 5.76. The Balaban J connectivity index is 3.51. The van der Waals surface area contributed by atoms with E-state index in [-0.39, 0.29) is 12.5 Å². The summed E-state index contributed by atoms with van der Waals surface area (Å²) < 4.78 is 0. The summed E-state index contributed by atoms with van der Waals surface area (Å²) in [4.78, 5) is 12.3. The van der Waals surface area contributed by atoms with E-state index in [9.17, 15) is 15.0 Å². The normalized spacial score (nSPS) is 13.2. The lowest BCUT2D eigenvalue weighted by molar-refractivity contribution is -0.123. The van der Waals surface area contributed by atoms with Crippen LogP contribution in [0.5, 0.6) is 0 Å². The third-order valence-corrected chi connectivity index (χ3v) is 9.43. The van der Waals surface area contributed by atoms with Crippen LogP contribution in [0, 0.1) is 0 Å². The smallest absolute Gasteiger partial charge is 0.220 e. The van der Waals surface area contributed by atoms with E-state index in [4.69, 9.17) is 0 Å². The van der Waals surface area contributed by atoms with E-state index >= 15 is 0 Å². The molecule has 0 aromatic carbocycles. The quantitative estimate of drug-likeness (QED) is 0.0464. The number of rotatable bonds is 37. The number of nitrogens with one attached hydrogen (secondary N) is 1. The second-order valence-corrected chi connectivity index (χ2v) is 14.1. The molecule has 0 spiro atoms. The summed E-state index contributed by atoms with van der Waals surface area (Å²) in [5.41, 5.74) is 0. The van der Waals surface area contributed by atoms with Crippen molar-refractivity contribution in [2.24, 2.45) is 0 Å². The average Bonchev–Trinajstić information content (AvgIpc) is 3.06. The number of carbonyl (C=O) groups excluding carboxylic acids is 1. The number of aliphatic hydroxyl groups is 2. The van der Waals surface area contributed by atoms with Gasteiger partial charge in [-0.1, -0.05) is 199 Å². The summed E-state index contributed by atoms with van der Waals surface area (Å²) in [6.07, 6.45) is 48.6. The molecule has 0 fully saturated rings. The van der Waals surface area contributed by atoms with Crippen LogP contribution in [0.15, 0.2) is 24.3 Å². The average molecular weight is 648 g/mol. The minimum atomic E-state index is -0.840. The van der Waals surface area contributed by atoms with Gasteiger partial charge in [-0.2, -0.15) is 0 Å². The lowest BCUT2D eigenvalue weighted by atomic mass is 10.0. The molecule has 272 valence electrons. The number of hydrogen-bond acceptors (Lipinski definition) is 3. The molecule has 2 unspecified atom stereocenters. The number of hydrogen-bond donors (Lipinski definition) is 3. The fraction of sp³-hybridized carbons (Fsp3) is 0.881. The van der Waals surface area contributed by atoms with Gasteiger partial charge in [-0.15, -0.1) is 0 Å². The van der Waals surface area contributed by atoms with Crippen LogP contribution in [0.4, 0.5) is 0 Å². The molecule has 3 N–H and O–H groups in total. The van der Waals surface area contributed by atoms with Gasteiger partial charge in [-0.25, -0.2) is 0 Å². The molecule has 0 aliphatic heterocycles. The second kappa shape index (κ2) is 38.3. The number of unbranched alkanes of at least 4 members (excludes halogenated alkanes) is 28. The minimum absolute atomic E-state index is 0.0782. The Labute approximate surface area is 288 Å². The van der Waals surface area contributed by atoms with Gasteiger partial charge in [0.05, 0.1) is 18.8 Å². The molecule has 0 aromatic heterocycles. The first kappa shape index (κ1) is 44.9. The molecule has 1 amide bonds. The number of allylic oxidation sites excluding steroid dienone is 3. The number of amides is 1. The van der Waals surface area contributed by atoms with Crippen LogP contribution in [0.25, 0.3) is 0 Å². The Kier molecular flexibility index (Phi) is 37.4. The maximum Gasteiger partial charge on any atom is 0.220 e. The molecular weight excluding hydrogens is 566 g/mol. The van der Waals surface area contributed by atoms with Crippen molar-refractivity contribution in [2.45, 2.75) is 231 Å². The Morgan fingerprint density at radius 3 is 1.26 bits per heavy atom. The fourth-order valence-electron chi connectivity index (χ4n) is 6.22. The van der Waals surface area contributed by atoms with Crippen LogP contribution in [0.3, 0.4) is 0 Å². The Morgan fingerprint density at radius 2 is 0.848 bits per heavy atom. The van der Waals surface area contributed by atoms with Gasteiger partial charge in [-0.05, 0) is 38.5 Å². The fourth-order valence-corrected chi connectivity index (χ4v) is 6.22. The summed E-state index contributed by atoms with van der Waals surface area (Å²) in [7, 11) is 0. The van der Waals surface area contributed by atoms with Gasteiger partial charge in [0.1, 0.15) is 0 Å². The molecule has 0 rings (SSSR count). The monoisotopic (exact) mass is 648 g/mol. The predicted octanol–water partition coefficient (Wildman–Crippen LogP) is 12.5. The molecular formula is C42H81NO3. The first-order chi connectivity index (χ1) is 22.7. The van der Waals surface area contributed by atoms with Crippen molar-refractivity contribution in [2.75, 3.05) is 6.61 Å². The van der Waals surface area contributed by atoms with E-state index in [1.807, 2.05) is 6.08 Å². The van der Waals surface area contributed by atoms with Gasteiger partial charge in [0.15, 0.2) is 0 Å². The highest BCUT2D eigenvalue weighted by Gasteiger charge is 2.17. The SMILES string of the molecule is CCCC/C=C\CCCCCCC(=O)NC(CO)C(O)/C=C/CCCCCCCCCCCCCCCCCCCCCCCC. The molecule has 0 aliphatic carbocycles. The third kappa shape index (κ3) is 34.2. The van der Waals surface area contributed by atoms with E-state index < -0.39 is 12.1 Å². The first-order valence-electron chi connectivity index (χ1n) is 20.6. The van der Waals surface area contributed by atoms with Crippen molar-refractivity contribution < 1.29 is 15.0 Å². The van der Waals surface area contributed by atoms with Crippen molar-refractivity contribution in [3.8, 4) is 0 Å². The zero-order chi connectivity index (χ0) is 33.6. The maximum atomic E-state index is 12.3. The number of carbonyl (C=O) groups is 1. The van der Waals surface area contributed by atoms with Crippen LogP contribution in [0.2, 0.25) is 0 Å². The summed E-state index contributed by atoms with van der Waals surface area (Å²) in [5.74, 6) is -0.0782. The van der Waals surface area contributed by atoms with E-state index in [1.54, 1.807) is 6.08 Å². The van der Waals surface area contributed by atoms with Gasteiger partial charge in [-0.3, -0.25) is 4.79 Å². The van der Waals surface area contributed by atoms with E-state index in [0.29, 0.717) is 6.42 Å². The van der Waals surface area contributed by atoms with Gasteiger partial charge in [0, 0.05) is 6.42 Å². The largest absolute Gasteiger partial charge is 0.394 e. The molecule has 0 aliphatic rings. The van der Waals surface area contributed by atoms with Crippen LogP contribution in [-0.2, 0) is 4.79 Å². The van der Waals surface area contributed by atoms with E-state index in [0.717, 1.165) is 38.5 Å². The molecule has 46 heavy (non-hydrogen) atoms. The van der Waals surface area contributed by atoms with Gasteiger partial charge in [0.2, 0.25) is 5.91 Å². The van der Waals surface area contributed by atoms with Gasteiger partial charge in [0.25, 0.3) is 0 Å². The summed E-state index contributed by atoms with van der Waals surface area (Å²) >= 11 is 0. The molecule has 0 radical (unpaired) electrons. The molecule has 2 atom stereocenters.